The number of carbonyl (C=O) groups is 2. The van der Waals surface area contributed by atoms with E-state index >= 15 is 0 Å². The van der Waals surface area contributed by atoms with Gasteiger partial charge in [0.25, 0.3) is 0 Å². The van der Waals surface area contributed by atoms with E-state index in [9.17, 15) is 9.59 Å². The Balaban J connectivity index is 1.82. The topological polar surface area (TPSA) is 67.9 Å². The van der Waals surface area contributed by atoms with Crippen LogP contribution < -0.4 is 10.1 Å². The van der Waals surface area contributed by atoms with Crippen LogP contribution in [-0.2, 0) is 9.53 Å². The zero-order valence-electron chi connectivity index (χ0n) is 15.3. The van der Waals surface area contributed by atoms with Gasteiger partial charge in [-0.15, -0.1) is 0 Å². The van der Waals surface area contributed by atoms with E-state index in [4.69, 9.17) is 9.47 Å². The lowest BCUT2D eigenvalue weighted by molar-refractivity contribution is -0.127. The summed E-state index contributed by atoms with van der Waals surface area (Å²) in [5, 5.41) is 2.86. The maximum atomic E-state index is 12.5. The number of para-hydroxylation sites is 1. The third-order valence-corrected chi connectivity index (χ3v) is 3.85. The molecule has 0 saturated carbocycles. The molecule has 6 heteroatoms. The molecule has 25 heavy (non-hydrogen) atoms. The maximum Gasteiger partial charge on any atom is 0.410 e. The van der Waals surface area contributed by atoms with Gasteiger partial charge < -0.3 is 14.8 Å². The van der Waals surface area contributed by atoms with E-state index in [0.29, 0.717) is 26.1 Å². The van der Waals surface area contributed by atoms with Gasteiger partial charge in [0.2, 0.25) is 5.91 Å². The van der Waals surface area contributed by atoms with Crippen molar-refractivity contribution in [2.75, 3.05) is 19.7 Å². The second-order valence-electron chi connectivity index (χ2n) is 7.14. The van der Waals surface area contributed by atoms with E-state index in [1.807, 2.05) is 51.1 Å². The summed E-state index contributed by atoms with van der Waals surface area (Å²) in [5.74, 6) is 0.618. The van der Waals surface area contributed by atoms with E-state index < -0.39 is 17.7 Å². The number of amides is 2. The van der Waals surface area contributed by atoms with Crippen LogP contribution in [0.3, 0.4) is 0 Å². The highest BCUT2D eigenvalue weighted by Crippen LogP contribution is 2.20. The van der Waals surface area contributed by atoms with Crippen LogP contribution in [0.25, 0.3) is 0 Å². The minimum Gasteiger partial charge on any atom is -0.492 e. The number of carbonyl (C=O) groups excluding carboxylic acids is 2. The van der Waals surface area contributed by atoms with E-state index in [1.54, 1.807) is 4.90 Å². The summed E-state index contributed by atoms with van der Waals surface area (Å²) in [6.45, 7) is 6.80. The molecule has 1 aliphatic rings. The molecule has 1 aliphatic heterocycles. The lowest BCUT2D eigenvalue weighted by Crippen LogP contribution is -2.53. The molecule has 0 unspecified atom stereocenters. The fourth-order valence-electron chi connectivity index (χ4n) is 2.72. The standard InChI is InChI=1S/C19H28N2O4/c1-19(2,3)25-18(23)21-13-8-7-11-16(21)17(22)20-12-14-24-15-9-5-4-6-10-15/h4-6,9-10,16H,7-8,11-14H2,1-3H3,(H,20,22)/t16-/m0/s1. The van der Waals surface area contributed by atoms with Crippen molar-refractivity contribution in [3.8, 4) is 5.75 Å². The average molecular weight is 348 g/mol. The number of rotatable bonds is 5. The van der Waals surface area contributed by atoms with Crippen LogP contribution in [0, 0.1) is 0 Å². The smallest absolute Gasteiger partial charge is 0.410 e. The predicted molar refractivity (Wildman–Crippen MR) is 95.5 cm³/mol. The van der Waals surface area contributed by atoms with Gasteiger partial charge in [-0.1, -0.05) is 18.2 Å². The largest absolute Gasteiger partial charge is 0.492 e. The number of ether oxygens (including phenoxy) is 2. The molecule has 0 radical (unpaired) electrons. The minimum atomic E-state index is -0.570. The third-order valence-electron chi connectivity index (χ3n) is 3.85. The Morgan fingerprint density at radius 1 is 1.20 bits per heavy atom. The summed E-state index contributed by atoms with van der Waals surface area (Å²) in [6, 6.07) is 8.98. The van der Waals surface area contributed by atoms with E-state index in [1.165, 1.54) is 0 Å². The number of piperidine rings is 1. The first kappa shape index (κ1) is 19.1. The average Bonchev–Trinajstić information content (AvgIpc) is 2.58. The van der Waals surface area contributed by atoms with Gasteiger partial charge in [0.05, 0.1) is 6.54 Å². The first-order valence-electron chi connectivity index (χ1n) is 8.82. The molecule has 1 heterocycles. The summed E-state index contributed by atoms with van der Waals surface area (Å²) < 4.78 is 11.0. The summed E-state index contributed by atoms with van der Waals surface area (Å²) in [6.07, 6.45) is 2.05. The molecule has 6 nitrogen and oxygen atoms in total. The SMILES string of the molecule is CC(C)(C)OC(=O)N1CCCC[C@H]1C(=O)NCCOc1ccccc1. The lowest BCUT2D eigenvalue weighted by atomic mass is 10.0. The van der Waals surface area contributed by atoms with Crippen molar-refractivity contribution in [3.05, 3.63) is 30.3 Å². The predicted octanol–water partition coefficient (Wildman–Crippen LogP) is 2.97. The molecule has 1 saturated heterocycles. The van der Waals surface area contributed by atoms with Crippen molar-refractivity contribution >= 4 is 12.0 Å². The second-order valence-corrected chi connectivity index (χ2v) is 7.14. The highest BCUT2D eigenvalue weighted by Gasteiger charge is 2.34. The van der Waals surface area contributed by atoms with Crippen molar-refractivity contribution in [2.45, 2.75) is 51.7 Å². The first-order chi connectivity index (χ1) is 11.9. The fourth-order valence-corrected chi connectivity index (χ4v) is 2.72. The Morgan fingerprint density at radius 2 is 1.92 bits per heavy atom. The molecule has 1 fully saturated rings. The molecule has 2 amide bonds. The lowest BCUT2D eigenvalue weighted by Gasteiger charge is -2.35. The number of hydrogen-bond acceptors (Lipinski definition) is 4. The third kappa shape index (κ3) is 6.29. The quantitative estimate of drug-likeness (QED) is 0.831. The van der Waals surface area contributed by atoms with Crippen molar-refractivity contribution in [1.29, 1.82) is 0 Å². The Labute approximate surface area is 149 Å². The van der Waals surface area contributed by atoms with Gasteiger partial charge in [0, 0.05) is 6.54 Å². The Morgan fingerprint density at radius 3 is 2.60 bits per heavy atom. The molecule has 0 aromatic heterocycles. The number of likely N-dealkylation sites (tertiary alicyclic amines) is 1. The normalized spacial score (nSPS) is 17.7. The molecule has 1 atom stereocenters. The van der Waals surface area contributed by atoms with Crippen LogP contribution >= 0.6 is 0 Å². The van der Waals surface area contributed by atoms with E-state index in [-0.39, 0.29) is 5.91 Å². The molecular formula is C19H28N2O4. The minimum absolute atomic E-state index is 0.151. The van der Waals surface area contributed by atoms with Crippen LogP contribution in [0.5, 0.6) is 5.75 Å². The molecule has 1 N–H and O–H groups in total. The Bertz CT molecular complexity index is 569. The summed E-state index contributed by atoms with van der Waals surface area (Å²) in [7, 11) is 0. The van der Waals surface area contributed by atoms with E-state index in [2.05, 4.69) is 5.32 Å². The van der Waals surface area contributed by atoms with Crippen molar-refractivity contribution in [2.24, 2.45) is 0 Å². The molecule has 1 aromatic carbocycles. The van der Waals surface area contributed by atoms with Gasteiger partial charge >= 0.3 is 6.09 Å². The van der Waals surface area contributed by atoms with Crippen LogP contribution in [0.4, 0.5) is 4.79 Å². The molecule has 138 valence electrons. The Hall–Kier alpha value is -2.24. The maximum absolute atomic E-state index is 12.5. The van der Waals surface area contributed by atoms with Crippen LogP contribution in [0.1, 0.15) is 40.0 Å². The molecule has 0 aliphatic carbocycles. The summed E-state index contributed by atoms with van der Waals surface area (Å²) >= 11 is 0. The first-order valence-corrected chi connectivity index (χ1v) is 8.82. The fraction of sp³-hybridized carbons (Fsp3) is 0.579. The zero-order valence-corrected chi connectivity index (χ0v) is 15.3. The van der Waals surface area contributed by atoms with Crippen LogP contribution in [-0.4, -0.2) is 48.2 Å². The van der Waals surface area contributed by atoms with Gasteiger partial charge in [-0.2, -0.15) is 0 Å². The molecule has 0 spiro atoms. The van der Waals surface area contributed by atoms with Gasteiger partial charge in [-0.25, -0.2) is 4.79 Å². The van der Waals surface area contributed by atoms with Crippen molar-refractivity contribution in [1.82, 2.24) is 10.2 Å². The molecular weight excluding hydrogens is 320 g/mol. The highest BCUT2D eigenvalue weighted by atomic mass is 16.6. The van der Waals surface area contributed by atoms with Crippen molar-refractivity contribution < 1.29 is 19.1 Å². The highest BCUT2D eigenvalue weighted by molar-refractivity contribution is 5.85. The van der Waals surface area contributed by atoms with E-state index in [0.717, 1.165) is 18.6 Å². The number of hydrogen-bond donors (Lipinski definition) is 1. The van der Waals surface area contributed by atoms with Gasteiger partial charge in [-0.3, -0.25) is 9.69 Å². The monoisotopic (exact) mass is 348 g/mol. The number of benzene rings is 1. The summed E-state index contributed by atoms with van der Waals surface area (Å²) in [5.41, 5.74) is -0.570. The molecule has 2 rings (SSSR count). The molecule has 0 bridgehead atoms. The van der Waals surface area contributed by atoms with Crippen LogP contribution in [0.2, 0.25) is 0 Å². The van der Waals surface area contributed by atoms with Crippen molar-refractivity contribution in [3.63, 3.8) is 0 Å². The number of nitrogens with one attached hydrogen (secondary N) is 1. The van der Waals surface area contributed by atoms with Gasteiger partial charge in [0.1, 0.15) is 24.0 Å². The second kappa shape index (κ2) is 8.74. The molecule has 1 aromatic rings. The van der Waals surface area contributed by atoms with Crippen LogP contribution in [0.15, 0.2) is 30.3 Å². The number of nitrogens with zero attached hydrogens (tertiary/aromatic N) is 1. The van der Waals surface area contributed by atoms with Gasteiger partial charge in [0.15, 0.2) is 0 Å². The zero-order chi connectivity index (χ0) is 18.3. The van der Waals surface area contributed by atoms with Gasteiger partial charge in [-0.05, 0) is 52.2 Å². The summed E-state index contributed by atoms with van der Waals surface area (Å²) in [4.78, 5) is 26.4. The Kier molecular flexibility index (Phi) is 6.67.